The van der Waals surface area contributed by atoms with Gasteiger partial charge in [0.05, 0.1) is 27.0 Å². The highest BCUT2D eigenvalue weighted by Crippen LogP contribution is 2.25. The minimum absolute atomic E-state index is 0.00253. The largest absolute Gasteiger partial charge is 0.308 e. The fraction of sp³-hybridized carbons (Fsp3) is 0.0588. The van der Waals surface area contributed by atoms with Crippen LogP contribution >= 0.6 is 23.2 Å². The molecule has 0 fully saturated rings. The van der Waals surface area contributed by atoms with Gasteiger partial charge in [0.25, 0.3) is 5.56 Å². The molecule has 0 aliphatic heterocycles. The lowest BCUT2D eigenvalue weighted by Crippen LogP contribution is -2.19. The van der Waals surface area contributed by atoms with Crippen LogP contribution in [0, 0.1) is 11.3 Å². The van der Waals surface area contributed by atoms with E-state index in [9.17, 15) is 14.9 Å². The highest BCUT2D eigenvalue weighted by Gasteiger charge is 2.25. The summed E-state index contributed by atoms with van der Waals surface area (Å²) in [6.07, 6.45) is 0. The van der Waals surface area contributed by atoms with Gasteiger partial charge in [-0.05, 0) is 30.3 Å². The molecule has 2 aromatic carbocycles. The predicted octanol–water partition coefficient (Wildman–Crippen LogP) is 3.72. The van der Waals surface area contributed by atoms with Crippen LogP contribution in [-0.4, -0.2) is 15.8 Å². The molecule has 0 radical (unpaired) electrons. The van der Waals surface area contributed by atoms with Crippen LogP contribution in [0.15, 0.2) is 47.3 Å². The summed E-state index contributed by atoms with van der Waals surface area (Å²) in [4.78, 5) is 31.5. The molecular weight excluding hydrogens is 349 g/mol. The third kappa shape index (κ3) is 2.90. The van der Waals surface area contributed by atoms with E-state index in [0.717, 1.165) is 0 Å². The number of halogens is 2. The molecule has 7 heteroatoms. The summed E-state index contributed by atoms with van der Waals surface area (Å²) in [6, 6.07) is 12.9. The summed E-state index contributed by atoms with van der Waals surface area (Å²) in [5, 5.41) is 10.3. The van der Waals surface area contributed by atoms with Crippen molar-refractivity contribution in [1.82, 2.24) is 9.97 Å². The Morgan fingerprint density at radius 3 is 2.62 bits per heavy atom. The fourth-order valence-corrected chi connectivity index (χ4v) is 2.60. The number of hydrogen-bond donors (Lipinski definition) is 1. The van der Waals surface area contributed by atoms with Crippen LogP contribution < -0.4 is 5.56 Å². The van der Waals surface area contributed by atoms with Gasteiger partial charge in [-0.2, -0.15) is 5.26 Å². The monoisotopic (exact) mass is 357 g/mol. The number of nitrogens with one attached hydrogen (secondary N) is 1. The van der Waals surface area contributed by atoms with E-state index in [-0.39, 0.29) is 16.4 Å². The van der Waals surface area contributed by atoms with Crippen molar-refractivity contribution in [1.29, 1.82) is 5.26 Å². The van der Waals surface area contributed by atoms with Crippen LogP contribution in [0.2, 0.25) is 10.0 Å². The summed E-state index contributed by atoms with van der Waals surface area (Å²) in [7, 11) is 0. The number of aromatic nitrogens is 2. The SMILES string of the molecule is N#CC(C(=O)c1ccc(Cl)c(Cl)c1)c1nc2ccccc2c(=O)[nH]1. The van der Waals surface area contributed by atoms with Crippen molar-refractivity contribution in [2.24, 2.45) is 0 Å². The normalized spacial score (nSPS) is 11.9. The molecule has 24 heavy (non-hydrogen) atoms. The van der Waals surface area contributed by atoms with Crippen LogP contribution in [0.1, 0.15) is 22.1 Å². The van der Waals surface area contributed by atoms with Gasteiger partial charge in [0, 0.05) is 5.56 Å². The minimum Gasteiger partial charge on any atom is -0.308 e. The van der Waals surface area contributed by atoms with E-state index in [4.69, 9.17) is 23.2 Å². The number of ketones is 1. The number of carbonyl (C=O) groups excluding carboxylic acids is 1. The molecule has 0 aliphatic carbocycles. The molecule has 0 aliphatic rings. The van der Waals surface area contributed by atoms with E-state index < -0.39 is 17.3 Å². The van der Waals surface area contributed by atoms with Gasteiger partial charge in [-0.1, -0.05) is 35.3 Å². The van der Waals surface area contributed by atoms with Gasteiger partial charge >= 0.3 is 0 Å². The van der Waals surface area contributed by atoms with Gasteiger partial charge in [-0.15, -0.1) is 0 Å². The lowest BCUT2D eigenvalue weighted by molar-refractivity contribution is 0.0976. The van der Waals surface area contributed by atoms with Crippen molar-refractivity contribution in [3.63, 3.8) is 0 Å². The second-order valence-electron chi connectivity index (χ2n) is 5.02. The maximum atomic E-state index is 12.6. The molecular formula is C17H9Cl2N3O2. The van der Waals surface area contributed by atoms with Crippen LogP contribution in [0.25, 0.3) is 10.9 Å². The van der Waals surface area contributed by atoms with E-state index in [1.807, 2.05) is 6.07 Å². The number of Topliss-reactive ketones (excluding diaryl/α,β-unsaturated/α-hetero) is 1. The first-order valence-electron chi connectivity index (χ1n) is 6.89. The van der Waals surface area contributed by atoms with E-state index in [0.29, 0.717) is 15.9 Å². The number of rotatable bonds is 3. The average Bonchev–Trinajstić information content (AvgIpc) is 2.58. The Morgan fingerprint density at radius 1 is 1.17 bits per heavy atom. The predicted molar refractivity (Wildman–Crippen MR) is 91.5 cm³/mol. The second-order valence-corrected chi connectivity index (χ2v) is 5.84. The number of hydrogen-bond acceptors (Lipinski definition) is 4. The van der Waals surface area contributed by atoms with Gasteiger partial charge in [0.2, 0.25) is 0 Å². The van der Waals surface area contributed by atoms with E-state index in [1.165, 1.54) is 18.2 Å². The molecule has 5 nitrogen and oxygen atoms in total. The molecule has 3 aromatic rings. The topological polar surface area (TPSA) is 86.6 Å². The zero-order valence-corrected chi connectivity index (χ0v) is 13.6. The van der Waals surface area contributed by atoms with Crippen LogP contribution in [0.5, 0.6) is 0 Å². The molecule has 1 N–H and O–H groups in total. The van der Waals surface area contributed by atoms with Gasteiger partial charge in [-0.25, -0.2) is 4.98 Å². The zero-order chi connectivity index (χ0) is 17.3. The van der Waals surface area contributed by atoms with Crippen LogP contribution in [0.3, 0.4) is 0 Å². The molecule has 1 heterocycles. The summed E-state index contributed by atoms with van der Waals surface area (Å²) in [5.41, 5.74) is 0.225. The number of para-hydroxylation sites is 1. The number of fused-ring (bicyclic) bond motifs is 1. The van der Waals surface area contributed by atoms with Crippen molar-refractivity contribution < 1.29 is 4.79 Å². The molecule has 0 saturated carbocycles. The van der Waals surface area contributed by atoms with E-state index >= 15 is 0 Å². The van der Waals surface area contributed by atoms with Gasteiger partial charge < -0.3 is 4.98 Å². The van der Waals surface area contributed by atoms with Crippen molar-refractivity contribution in [3.05, 3.63) is 74.3 Å². The first kappa shape index (κ1) is 16.2. The number of aromatic amines is 1. The maximum absolute atomic E-state index is 12.6. The van der Waals surface area contributed by atoms with Gasteiger partial charge in [0.15, 0.2) is 11.7 Å². The van der Waals surface area contributed by atoms with Crippen molar-refractivity contribution >= 4 is 39.9 Å². The maximum Gasteiger partial charge on any atom is 0.258 e. The molecule has 0 saturated heterocycles. The molecule has 1 aromatic heterocycles. The van der Waals surface area contributed by atoms with Crippen LogP contribution in [0.4, 0.5) is 0 Å². The Balaban J connectivity index is 2.09. The van der Waals surface area contributed by atoms with E-state index in [2.05, 4.69) is 9.97 Å². The Kier molecular flexibility index (Phi) is 4.34. The number of carbonyl (C=O) groups is 1. The summed E-state index contributed by atoms with van der Waals surface area (Å²) in [5.74, 6) is -1.77. The summed E-state index contributed by atoms with van der Waals surface area (Å²) in [6.45, 7) is 0. The average molecular weight is 358 g/mol. The quantitative estimate of drug-likeness (QED) is 0.723. The molecule has 0 spiro atoms. The minimum atomic E-state index is -1.25. The lowest BCUT2D eigenvalue weighted by Gasteiger charge is -2.09. The summed E-state index contributed by atoms with van der Waals surface area (Å²) >= 11 is 11.7. The highest BCUT2D eigenvalue weighted by molar-refractivity contribution is 6.42. The smallest absolute Gasteiger partial charge is 0.258 e. The third-order valence-corrected chi connectivity index (χ3v) is 4.24. The lowest BCUT2D eigenvalue weighted by atomic mass is 9.98. The number of nitriles is 1. The fourth-order valence-electron chi connectivity index (χ4n) is 2.30. The molecule has 1 atom stereocenters. The van der Waals surface area contributed by atoms with E-state index in [1.54, 1.807) is 24.3 Å². The molecule has 0 bridgehead atoms. The zero-order valence-electron chi connectivity index (χ0n) is 12.1. The Morgan fingerprint density at radius 2 is 1.92 bits per heavy atom. The van der Waals surface area contributed by atoms with Crippen molar-refractivity contribution in [2.45, 2.75) is 5.92 Å². The van der Waals surface area contributed by atoms with Gasteiger partial charge in [0.1, 0.15) is 5.82 Å². The Hall–Kier alpha value is -2.68. The standard InChI is InChI=1S/C17H9Cl2N3O2/c18-12-6-5-9(7-13(12)19)15(23)11(8-20)16-21-14-4-2-1-3-10(14)17(24)22-16/h1-7,11H,(H,21,22,24). The molecule has 1 unspecified atom stereocenters. The molecule has 118 valence electrons. The van der Waals surface area contributed by atoms with Crippen LogP contribution in [-0.2, 0) is 0 Å². The summed E-state index contributed by atoms with van der Waals surface area (Å²) < 4.78 is 0. The second kappa shape index (κ2) is 6.44. The molecule has 0 amide bonds. The first-order chi connectivity index (χ1) is 11.5. The highest BCUT2D eigenvalue weighted by atomic mass is 35.5. The number of nitrogens with zero attached hydrogens (tertiary/aromatic N) is 2. The van der Waals surface area contributed by atoms with Crippen molar-refractivity contribution in [3.8, 4) is 6.07 Å². The Bertz CT molecular complexity index is 1050. The Labute approximate surface area is 146 Å². The van der Waals surface area contributed by atoms with Gasteiger partial charge in [-0.3, -0.25) is 9.59 Å². The number of H-pyrrole nitrogens is 1. The first-order valence-corrected chi connectivity index (χ1v) is 7.64. The number of benzene rings is 2. The van der Waals surface area contributed by atoms with Crippen molar-refractivity contribution in [2.75, 3.05) is 0 Å². The third-order valence-electron chi connectivity index (χ3n) is 3.50. The molecule has 3 rings (SSSR count).